The van der Waals surface area contributed by atoms with Gasteiger partial charge in [0.05, 0.1) is 17.6 Å². The van der Waals surface area contributed by atoms with Crippen LogP contribution in [0.3, 0.4) is 0 Å². The van der Waals surface area contributed by atoms with E-state index in [1.165, 1.54) is 5.56 Å². The molecule has 186 valence electrons. The van der Waals surface area contributed by atoms with Crippen LogP contribution in [0, 0.1) is 5.92 Å². The Morgan fingerprint density at radius 1 is 1.00 bits per heavy atom. The molecule has 1 aliphatic rings. The van der Waals surface area contributed by atoms with Crippen LogP contribution in [-0.2, 0) is 27.7 Å². The lowest BCUT2D eigenvalue weighted by Gasteiger charge is -2.31. The normalized spacial score (nSPS) is 15.2. The van der Waals surface area contributed by atoms with E-state index in [0.29, 0.717) is 35.3 Å². The van der Waals surface area contributed by atoms with E-state index in [1.807, 2.05) is 18.2 Å². The fourth-order valence-electron chi connectivity index (χ4n) is 4.73. The zero-order valence-electron chi connectivity index (χ0n) is 19.7. The molecule has 1 aromatic heterocycles. The number of hydrogen-bond donors (Lipinski definition) is 1. The molecule has 0 unspecified atom stereocenters. The summed E-state index contributed by atoms with van der Waals surface area (Å²) in [5.41, 5.74) is 3.23. The van der Waals surface area contributed by atoms with Crippen molar-refractivity contribution in [3.63, 3.8) is 0 Å². The third-order valence-electron chi connectivity index (χ3n) is 6.68. The van der Waals surface area contributed by atoms with E-state index in [0.717, 1.165) is 30.2 Å². The van der Waals surface area contributed by atoms with Gasteiger partial charge in [0.15, 0.2) is 0 Å². The lowest BCUT2D eigenvalue weighted by molar-refractivity contribution is -0.115. The first kappa shape index (κ1) is 24.6. The number of fused-ring (bicyclic) bond motifs is 1. The molecule has 1 aliphatic heterocycles. The molecule has 1 fully saturated rings. The number of furan rings is 1. The first-order chi connectivity index (χ1) is 17.4. The zero-order valence-corrected chi connectivity index (χ0v) is 21.3. The van der Waals surface area contributed by atoms with Crippen molar-refractivity contribution in [1.82, 2.24) is 4.31 Å². The predicted octanol–water partition coefficient (Wildman–Crippen LogP) is 5.91. The smallest absolute Gasteiger partial charge is 0.243 e. The predicted molar refractivity (Wildman–Crippen MR) is 142 cm³/mol. The number of amides is 1. The molecule has 8 heteroatoms. The van der Waals surface area contributed by atoms with Crippen molar-refractivity contribution in [2.75, 3.05) is 18.4 Å². The van der Waals surface area contributed by atoms with Gasteiger partial charge >= 0.3 is 0 Å². The number of piperidine rings is 1. The average Bonchev–Trinajstić information content (AvgIpc) is 3.27. The maximum atomic E-state index is 13.2. The van der Waals surface area contributed by atoms with Gasteiger partial charge in [0.1, 0.15) is 5.58 Å². The van der Waals surface area contributed by atoms with E-state index in [4.69, 9.17) is 16.0 Å². The molecule has 6 nitrogen and oxygen atoms in total. The van der Waals surface area contributed by atoms with Crippen LogP contribution in [-0.4, -0.2) is 31.7 Å². The van der Waals surface area contributed by atoms with Crippen molar-refractivity contribution < 1.29 is 17.6 Å². The molecule has 2 heterocycles. The molecule has 0 saturated carbocycles. The molecular formula is C28H27ClN2O4S. The maximum Gasteiger partial charge on any atom is 0.243 e. The Kier molecular flexibility index (Phi) is 7.14. The molecule has 3 aromatic carbocycles. The molecule has 5 rings (SSSR count). The number of nitrogens with zero attached hydrogens (tertiary/aromatic N) is 1. The van der Waals surface area contributed by atoms with Crippen LogP contribution in [0.25, 0.3) is 11.0 Å². The zero-order chi connectivity index (χ0) is 25.1. The van der Waals surface area contributed by atoms with Crippen molar-refractivity contribution >= 4 is 44.2 Å². The Hall–Kier alpha value is -3.13. The number of carbonyl (C=O) groups is 1. The number of carbonyl (C=O) groups excluding carboxylic acids is 1. The summed E-state index contributed by atoms with van der Waals surface area (Å²) >= 11 is 6.07. The van der Waals surface area contributed by atoms with E-state index >= 15 is 0 Å². The first-order valence-corrected chi connectivity index (χ1v) is 13.8. The monoisotopic (exact) mass is 522 g/mol. The summed E-state index contributed by atoms with van der Waals surface area (Å²) in [6, 6.07) is 21.9. The molecule has 0 bridgehead atoms. The van der Waals surface area contributed by atoms with Gasteiger partial charge in [-0.3, -0.25) is 4.79 Å². The molecule has 0 aliphatic carbocycles. The van der Waals surface area contributed by atoms with Crippen LogP contribution >= 0.6 is 11.6 Å². The molecule has 36 heavy (non-hydrogen) atoms. The lowest BCUT2D eigenvalue weighted by atomic mass is 9.91. The highest BCUT2D eigenvalue weighted by molar-refractivity contribution is 7.89. The molecule has 1 N–H and O–H groups in total. The fraction of sp³-hybridized carbons (Fsp3) is 0.250. The second-order valence-corrected chi connectivity index (χ2v) is 11.6. The number of sulfonamides is 1. The molecule has 1 amide bonds. The van der Waals surface area contributed by atoms with Gasteiger partial charge < -0.3 is 9.73 Å². The van der Waals surface area contributed by atoms with E-state index in [9.17, 15) is 13.2 Å². The van der Waals surface area contributed by atoms with Gasteiger partial charge in [-0.05, 0) is 73.2 Å². The van der Waals surface area contributed by atoms with Gasteiger partial charge in [-0.1, -0.05) is 41.9 Å². The molecule has 1 saturated heterocycles. The van der Waals surface area contributed by atoms with Crippen LogP contribution in [0.15, 0.2) is 88.4 Å². The van der Waals surface area contributed by atoms with E-state index in [-0.39, 0.29) is 17.2 Å². The summed E-state index contributed by atoms with van der Waals surface area (Å²) in [5, 5.41) is 4.19. The molecule has 0 spiro atoms. The summed E-state index contributed by atoms with van der Waals surface area (Å²) in [5.74, 6) is 0.258. The molecular weight excluding hydrogens is 496 g/mol. The molecule has 0 radical (unpaired) electrons. The Balaban J connectivity index is 1.18. The second kappa shape index (κ2) is 10.5. The van der Waals surface area contributed by atoms with E-state index < -0.39 is 10.0 Å². The number of nitrogens with one attached hydrogen (secondary N) is 1. The second-order valence-electron chi connectivity index (χ2n) is 9.19. The number of rotatable bonds is 7. The van der Waals surface area contributed by atoms with Crippen molar-refractivity contribution in [1.29, 1.82) is 0 Å². The minimum Gasteiger partial charge on any atom is -0.464 e. The topological polar surface area (TPSA) is 79.6 Å². The average molecular weight is 523 g/mol. The third-order valence-corrected chi connectivity index (χ3v) is 8.83. The molecule has 0 atom stereocenters. The Labute approximate surface area is 215 Å². The Bertz CT molecular complexity index is 1460. The van der Waals surface area contributed by atoms with Gasteiger partial charge in [-0.25, -0.2) is 8.42 Å². The number of halogens is 1. The van der Waals surface area contributed by atoms with Crippen LogP contribution in [0.1, 0.15) is 24.0 Å². The summed E-state index contributed by atoms with van der Waals surface area (Å²) < 4.78 is 33.4. The SMILES string of the molecule is O=C(Cc1coc2ccc(Cl)cc12)Nc1ccc(S(=O)(=O)N2CCC(Cc3ccccc3)CC2)cc1. The first-order valence-electron chi connectivity index (χ1n) is 12.0. The van der Waals surface area contributed by atoms with Gasteiger partial charge in [0, 0.05) is 34.7 Å². The van der Waals surface area contributed by atoms with Crippen LogP contribution in [0.4, 0.5) is 5.69 Å². The highest BCUT2D eigenvalue weighted by Gasteiger charge is 2.29. The Morgan fingerprint density at radius 3 is 2.44 bits per heavy atom. The van der Waals surface area contributed by atoms with Gasteiger partial charge in [0.2, 0.25) is 15.9 Å². The van der Waals surface area contributed by atoms with Crippen LogP contribution in [0.5, 0.6) is 0 Å². The largest absolute Gasteiger partial charge is 0.464 e. The van der Waals surface area contributed by atoms with Crippen molar-refractivity contribution in [2.24, 2.45) is 5.92 Å². The van der Waals surface area contributed by atoms with E-state index in [1.54, 1.807) is 53.0 Å². The summed E-state index contributed by atoms with van der Waals surface area (Å²) in [6.45, 7) is 1.03. The fourth-order valence-corrected chi connectivity index (χ4v) is 6.37. The quantitative estimate of drug-likeness (QED) is 0.327. The number of anilines is 1. The highest BCUT2D eigenvalue weighted by Crippen LogP contribution is 2.28. The van der Waals surface area contributed by atoms with Crippen LogP contribution < -0.4 is 5.32 Å². The molecule has 4 aromatic rings. The Morgan fingerprint density at radius 2 is 1.72 bits per heavy atom. The number of benzene rings is 3. The van der Waals surface area contributed by atoms with Gasteiger partial charge in [-0.15, -0.1) is 0 Å². The van der Waals surface area contributed by atoms with Gasteiger partial charge in [-0.2, -0.15) is 4.31 Å². The highest BCUT2D eigenvalue weighted by atomic mass is 35.5. The van der Waals surface area contributed by atoms with Gasteiger partial charge in [0.25, 0.3) is 0 Å². The van der Waals surface area contributed by atoms with Crippen molar-refractivity contribution in [3.8, 4) is 0 Å². The third kappa shape index (κ3) is 5.48. The summed E-state index contributed by atoms with van der Waals surface area (Å²) in [7, 11) is -3.58. The summed E-state index contributed by atoms with van der Waals surface area (Å²) in [6.07, 6.45) is 4.34. The van der Waals surface area contributed by atoms with Crippen molar-refractivity contribution in [2.45, 2.75) is 30.6 Å². The summed E-state index contributed by atoms with van der Waals surface area (Å²) in [4.78, 5) is 12.8. The maximum absolute atomic E-state index is 13.2. The lowest BCUT2D eigenvalue weighted by Crippen LogP contribution is -2.38. The van der Waals surface area contributed by atoms with Crippen molar-refractivity contribution in [3.05, 3.63) is 95.2 Å². The minimum atomic E-state index is -3.58. The number of hydrogen-bond acceptors (Lipinski definition) is 4. The minimum absolute atomic E-state index is 0.116. The van der Waals surface area contributed by atoms with E-state index in [2.05, 4.69) is 17.4 Å². The standard InChI is InChI=1S/C28H27ClN2O4S/c29-23-6-11-27-26(18-23)22(19-35-27)17-28(32)30-24-7-9-25(10-8-24)36(33,34)31-14-12-21(13-15-31)16-20-4-2-1-3-5-20/h1-11,18-19,21H,12-17H2,(H,30,32). The van der Waals surface area contributed by atoms with Crippen LogP contribution in [0.2, 0.25) is 5.02 Å².